The average molecular weight is 397 g/mol. The normalized spacial score (nSPS) is 24.5. The summed E-state index contributed by atoms with van der Waals surface area (Å²) in [6.07, 6.45) is 1.49. The molecule has 2 aliphatic rings. The summed E-state index contributed by atoms with van der Waals surface area (Å²) in [7, 11) is 0. The summed E-state index contributed by atoms with van der Waals surface area (Å²) in [5, 5.41) is 0. The van der Waals surface area contributed by atoms with E-state index >= 15 is 0 Å². The van der Waals surface area contributed by atoms with Crippen molar-refractivity contribution in [2.75, 3.05) is 19.6 Å². The van der Waals surface area contributed by atoms with Gasteiger partial charge in [-0.25, -0.2) is 4.39 Å². The number of hydrogen-bond acceptors (Lipinski definition) is 3. The molecule has 0 aromatic heterocycles. The minimum absolute atomic E-state index is 0.279. The van der Waals surface area contributed by atoms with E-state index in [2.05, 4.69) is 6.92 Å². The number of nitrogens with zero attached hydrogens (tertiary/aromatic N) is 2. The largest absolute Gasteiger partial charge is 0.335 e. The first-order valence-electron chi connectivity index (χ1n) is 9.67. The van der Waals surface area contributed by atoms with Crippen LogP contribution in [-0.2, 0) is 0 Å². The monoisotopic (exact) mass is 396 g/mol. The quantitative estimate of drug-likeness (QED) is 0.810. The van der Waals surface area contributed by atoms with Gasteiger partial charge in [-0.3, -0.25) is 14.7 Å². The smallest absolute Gasteiger partial charge is 0.261 e. The number of nitrogens with one attached hydrogen (secondary N) is 1. The molecule has 0 radical (unpaired) electrons. The second-order valence-electron chi connectivity index (χ2n) is 7.37. The zero-order chi connectivity index (χ0) is 19.7. The summed E-state index contributed by atoms with van der Waals surface area (Å²) in [4.78, 5) is 22.0. The van der Waals surface area contributed by atoms with E-state index in [4.69, 9.17) is 17.2 Å². The summed E-state index contributed by atoms with van der Waals surface area (Å²) in [5.74, 6) is -0.710. The molecule has 1 N–H and O–H groups in total. The molecule has 144 valence electrons. The van der Waals surface area contributed by atoms with Gasteiger partial charge in [-0.15, -0.1) is 0 Å². The highest BCUT2D eigenvalue weighted by Crippen LogP contribution is 2.36. The van der Waals surface area contributed by atoms with Gasteiger partial charge in [0.05, 0.1) is 19.6 Å². The van der Waals surface area contributed by atoms with Crippen LogP contribution < -0.4 is 4.90 Å². The maximum Gasteiger partial charge on any atom is 0.261 e. The van der Waals surface area contributed by atoms with Crippen molar-refractivity contribution in [2.45, 2.75) is 25.4 Å². The van der Waals surface area contributed by atoms with E-state index in [1.165, 1.54) is 17.0 Å². The van der Waals surface area contributed by atoms with Gasteiger partial charge >= 0.3 is 0 Å². The number of likely N-dealkylation sites (tertiary alicyclic amines) is 1. The van der Waals surface area contributed by atoms with Crippen LogP contribution in [0.25, 0.3) is 0 Å². The van der Waals surface area contributed by atoms with E-state index < -0.39 is 11.5 Å². The van der Waals surface area contributed by atoms with Gasteiger partial charge in [0.2, 0.25) is 0 Å². The topological polar surface area (TPSA) is 37.1 Å². The molecule has 0 bridgehead atoms. The third-order valence-corrected chi connectivity index (χ3v) is 6.10. The lowest BCUT2D eigenvalue weighted by Gasteiger charge is -2.40. The number of amides is 1. The van der Waals surface area contributed by atoms with Crippen molar-refractivity contribution in [1.82, 2.24) is 4.90 Å². The van der Waals surface area contributed by atoms with Crippen molar-refractivity contribution in [2.24, 2.45) is 4.99 Å². The van der Waals surface area contributed by atoms with Gasteiger partial charge in [0.15, 0.2) is 5.66 Å². The number of rotatable bonds is 3. The molecule has 2 aromatic rings. The Hall–Kier alpha value is -2.44. The molecule has 1 saturated heterocycles. The number of carbonyl (C=O) groups is 1. The van der Waals surface area contributed by atoms with Crippen molar-refractivity contribution >= 4 is 28.8 Å². The average Bonchev–Trinajstić information content (AvgIpc) is 3.00. The molecular formula is C22H23FN3OS+. The molecule has 0 atom stereocenters. The second kappa shape index (κ2) is 7.53. The van der Waals surface area contributed by atoms with Crippen LogP contribution in [0.3, 0.4) is 0 Å². The van der Waals surface area contributed by atoms with E-state index in [-0.39, 0.29) is 5.91 Å². The molecule has 4 nitrogen and oxygen atoms in total. The molecule has 0 aliphatic carbocycles. The molecule has 4 rings (SSSR count). The number of hydrogen-bond donors (Lipinski definition) is 1. The fourth-order valence-electron chi connectivity index (χ4n) is 4.11. The van der Waals surface area contributed by atoms with Crippen LogP contribution in [0.5, 0.6) is 0 Å². The Morgan fingerprint density at radius 2 is 1.89 bits per heavy atom. The zero-order valence-corrected chi connectivity index (χ0v) is 16.6. The molecular weight excluding hydrogens is 373 g/mol. The molecule has 28 heavy (non-hydrogen) atoms. The molecule has 0 saturated carbocycles. The van der Waals surface area contributed by atoms with Gasteiger partial charge in [0, 0.05) is 24.0 Å². The van der Waals surface area contributed by atoms with Gasteiger partial charge in [-0.2, -0.15) is 0 Å². The molecule has 2 heterocycles. The summed E-state index contributed by atoms with van der Waals surface area (Å²) < 4.78 is 13.7. The Morgan fingerprint density at radius 1 is 1.18 bits per heavy atom. The predicted octanol–water partition coefficient (Wildman–Crippen LogP) is 2.49. The van der Waals surface area contributed by atoms with Crippen LogP contribution in [-0.4, -0.2) is 46.8 Å². The maximum absolute atomic E-state index is 13.7. The maximum atomic E-state index is 13.7. The number of quaternary nitrogens is 1. The Labute approximate surface area is 169 Å². The number of benzene rings is 2. The van der Waals surface area contributed by atoms with E-state index in [0.717, 1.165) is 38.0 Å². The van der Waals surface area contributed by atoms with Crippen LogP contribution in [0.2, 0.25) is 0 Å². The standard InChI is InChI=1S/C22H22FN3OS/c1-2-25-13-11-22(12-14-25)24-19(16-7-4-3-5-8-16)21(28)26(22)20(27)17-9-6-10-18(23)15-17/h3-10,15H,2,11-14H2,1H3/p+1. The van der Waals surface area contributed by atoms with Crippen molar-refractivity contribution in [3.8, 4) is 0 Å². The van der Waals surface area contributed by atoms with Crippen molar-refractivity contribution in [1.29, 1.82) is 0 Å². The van der Waals surface area contributed by atoms with E-state index in [0.29, 0.717) is 16.3 Å². The van der Waals surface area contributed by atoms with E-state index in [1.54, 1.807) is 17.0 Å². The van der Waals surface area contributed by atoms with Crippen LogP contribution in [0.1, 0.15) is 35.7 Å². The number of thiocarbonyl (C=S) groups is 1. The van der Waals surface area contributed by atoms with Crippen LogP contribution in [0.4, 0.5) is 4.39 Å². The molecule has 1 spiro atoms. The van der Waals surface area contributed by atoms with Crippen LogP contribution in [0, 0.1) is 5.82 Å². The zero-order valence-electron chi connectivity index (χ0n) is 15.8. The first-order valence-corrected chi connectivity index (χ1v) is 10.1. The third kappa shape index (κ3) is 3.27. The molecule has 0 unspecified atom stereocenters. The number of aliphatic imine (C=N–C) groups is 1. The minimum atomic E-state index is -0.676. The molecule has 2 aromatic carbocycles. The predicted molar refractivity (Wildman–Crippen MR) is 111 cm³/mol. The molecule has 2 aliphatic heterocycles. The van der Waals surface area contributed by atoms with Crippen molar-refractivity contribution in [3.63, 3.8) is 0 Å². The Morgan fingerprint density at radius 3 is 2.54 bits per heavy atom. The van der Waals surface area contributed by atoms with Crippen molar-refractivity contribution < 1.29 is 14.1 Å². The first kappa shape index (κ1) is 18.9. The lowest BCUT2D eigenvalue weighted by atomic mass is 9.95. The van der Waals surface area contributed by atoms with Gasteiger partial charge < -0.3 is 4.90 Å². The van der Waals surface area contributed by atoms with Gasteiger partial charge in [0.1, 0.15) is 16.5 Å². The first-order chi connectivity index (χ1) is 13.5. The van der Waals surface area contributed by atoms with E-state index in [1.807, 2.05) is 30.3 Å². The second-order valence-corrected chi connectivity index (χ2v) is 7.76. The van der Waals surface area contributed by atoms with Gasteiger partial charge in [-0.1, -0.05) is 48.6 Å². The highest BCUT2D eigenvalue weighted by atomic mass is 32.1. The van der Waals surface area contributed by atoms with Crippen molar-refractivity contribution in [3.05, 3.63) is 71.5 Å². The lowest BCUT2D eigenvalue weighted by Crippen LogP contribution is -3.13. The summed E-state index contributed by atoms with van der Waals surface area (Å²) in [5.41, 5.74) is 1.22. The van der Waals surface area contributed by atoms with Crippen LogP contribution >= 0.6 is 12.2 Å². The number of piperidine rings is 1. The van der Waals surface area contributed by atoms with Gasteiger partial charge in [-0.05, 0) is 25.1 Å². The minimum Gasteiger partial charge on any atom is -0.335 e. The highest BCUT2D eigenvalue weighted by Gasteiger charge is 2.51. The Kier molecular flexibility index (Phi) is 5.08. The summed E-state index contributed by atoms with van der Waals surface area (Å²) in [6.45, 7) is 5.07. The van der Waals surface area contributed by atoms with Gasteiger partial charge in [0.25, 0.3) is 5.91 Å². The summed E-state index contributed by atoms with van der Waals surface area (Å²) >= 11 is 5.74. The highest BCUT2D eigenvalue weighted by molar-refractivity contribution is 7.82. The molecule has 1 fully saturated rings. The lowest BCUT2D eigenvalue weighted by molar-refractivity contribution is -0.904. The van der Waals surface area contributed by atoms with Crippen LogP contribution in [0.15, 0.2) is 59.6 Å². The fraction of sp³-hybridized carbons (Fsp3) is 0.318. The fourth-order valence-corrected chi connectivity index (χ4v) is 4.53. The Bertz CT molecular complexity index is 936. The molecule has 1 amide bonds. The summed E-state index contributed by atoms with van der Waals surface area (Å²) in [6, 6.07) is 15.5. The van der Waals surface area contributed by atoms with E-state index in [9.17, 15) is 9.18 Å². The SMILES string of the molecule is CC[NH+]1CCC2(CC1)N=C(c1ccccc1)C(=S)N2C(=O)c1cccc(F)c1. The number of halogens is 1. The Balaban J connectivity index is 1.75. The third-order valence-electron chi connectivity index (χ3n) is 5.72. The molecule has 6 heteroatoms. The number of carbonyl (C=O) groups excluding carboxylic acids is 1.